The molecule has 150 valence electrons. The van der Waals surface area contributed by atoms with Crippen molar-refractivity contribution >= 4 is 17.9 Å². The summed E-state index contributed by atoms with van der Waals surface area (Å²) in [5.74, 6) is -0.189. The van der Waals surface area contributed by atoms with Crippen LogP contribution in [0.25, 0.3) is 5.82 Å². The van der Waals surface area contributed by atoms with Gasteiger partial charge in [0.1, 0.15) is 12.2 Å². The first-order valence-corrected chi connectivity index (χ1v) is 9.32. The van der Waals surface area contributed by atoms with Gasteiger partial charge in [0.2, 0.25) is 11.6 Å². The highest BCUT2D eigenvalue weighted by molar-refractivity contribution is 5.94. The Hall–Kier alpha value is -3.67. The number of piperidine rings is 1. The molecule has 29 heavy (non-hydrogen) atoms. The third-order valence-corrected chi connectivity index (χ3v) is 4.72. The van der Waals surface area contributed by atoms with Gasteiger partial charge in [0.05, 0.1) is 19.3 Å². The molecule has 0 bridgehead atoms. The summed E-state index contributed by atoms with van der Waals surface area (Å²) in [5, 5.41) is 19.4. The maximum atomic E-state index is 12.7. The minimum absolute atomic E-state index is 0.0753. The second kappa shape index (κ2) is 8.56. The number of nitrogen functional groups attached to an aromatic ring is 1. The van der Waals surface area contributed by atoms with Crippen LogP contribution in [0.2, 0.25) is 0 Å². The molecule has 1 aliphatic heterocycles. The molecule has 0 radical (unpaired) electrons. The van der Waals surface area contributed by atoms with E-state index < -0.39 is 5.91 Å². The highest BCUT2D eigenvalue weighted by Gasteiger charge is 2.27. The molecule has 1 fully saturated rings. The van der Waals surface area contributed by atoms with Crippen molar-refractivity contribution in [2.75, 3.05) is 18.8 Å². The Balaban J connectivity index is 1.58. The van der Waals surface area contributed by atoms with Crippen molar-refractivity contribution in [3.05, 3.63) is 41.5 Å². The van der Waals surface area contributed by atoms with E-state index >= 15 is 0 Å². The highest BCUT2D eigenvalue weighted by atomic mass is 16.6. The number of carbonyl (C=O) groups is 1. The molecule has 1 aliphatic rings. The van der Waals surface area contributed by atoms with E-state index in [1.54, 1.807) is 18.5 Å². The molecule has 4 rings (SSSR count). The number of aromatic nitrogens is 6. The Bertz CT molecular complexity index is 991. The van der Waals surface area contributed by atoms with Crippen molar-refractivity contribution < 1.29 is 14.3 Å². The van der Waals surface area contributed by atoms with Crippen LogP contribution in [-0.4, -0.2) is 55.5 Å². The summed E-state index contributed by atoms with van der Waals surface area (Å²) in [6.07, 6.45) is 8.30. The second-order valence-corrected chi connectivity index (χ2v) is 6.74. The van der Waals surface area contributed by atoms with E-state index in [2.05, 4.69) is 40.8 Å². The molecule has 0 aromatic carbocycles. The fourth-order valence-electron chi connectivity index (χ4n) is 3.28. The average molecular weight is 397 g/mol. The molecule has 0 aliphatic carbocycles. The Morgan fingerprint density at radius 2 is 2.21 bits per heavy atom. The number of hydrogen-bond donors (Lipinski definition) is 3. The smallest absolute Gasteiger partial charge is 0.294 e. The zero-order chi connectivity index (χ0) is 20.1. The van der Waals surface area contributed by atoms with Gasteiger partial charge in [-0.25, -0.2) is 10.1 Å². The molecule has 1 amide bonds. The number of anilines is 1. The summed E-state index contributed by atoms with van der Waals surface area (Å²) in [6, 6.07) is 3.61. The van der Waals surface area contributed by atoms with E-state index in [0.717, 1.165) is 31.5 Å². The number of amides is 1. The Labute approximate surface area is 165 Å². The van der Waals surface area contributed by atoms with Gasteiger partial charge in [-0.15, -0.1) is 5.10 Å². The molecular formula is C17H21N10O2+. The number of nitrogens with one attached hydrogen (secondary N) is 2. The fraction of sp³-hybridized carbons (Fsp3) is 0.353. The monoisotopic (exact) mass is 397 g/mol. The summed E-state index contributed by atoms with van der Waals surface area (Å²) >= 11 is 0. The van der Waals surface area contributed by atoms with Crippen LogP contribution in [0.5, 0.6) is 0 Å². The molecule has 0 atom stereocenters. The summed E-state index contributed by atoms with van der Waals surface area (Å²) in [6.45, 7) is 2.57. The SMILES string of the molecule is Nc1nonc1-n1nnc(C(=O)NN=Cc2cccnc2)c1C[NH+]1CCCCC1. The van der Waals surface area contributed by atoms with E-state index in [1.165, 1.54) is 22.2 Å². The molecule has 12 nitrogen and oxygen atoms in total. The molecule has 12 heteroatoms. The van der Waals surface area contributed by atoms with Crippen molar-refractivity contribution in [2.45, 2.75) is 25.8 Å². The number of hydrogen-bond acceptors (Lipinski definition) is 9. The molecule has 3 aromatic rings. The van der Waals surface area contributed by atoms with Crippen LogP contribution >= 0.6 is 0 Å². The van der Waals surface area contributed by atoms with Crippen molar-refractivity contribution in [1.82, 2.24) is 35.7 Å². The topological polar surface area (TPSA) is 154 Å². The summed E-state index contributed by atoms with van der Waals surface area (Å²) in [4.78, 5) is 18.0. The van der Waals surface area contributed by atoms with Gasteiger partial charge in [-0.3, -0.25) is 9.78 Å². The van der Waals surface area contributed by atoms with E-state index in [9.17, 15) is 4.79 Å². The van der Waals surface area contributed by atoms with Crippen LogP contribution in [0.15, 0.2) is 34.3 Å². The first-order valence-electron chi connectivity index (χ1n) is 9.32. The molecule has 0 spiro atoms. The molecule has 1 saturated heterocycles. The van der Waals surface area contributed by atoms with E-state index in [0.29, 0.717) is 12.2 Å². The van der Waals surface area contributed by atoms with Gasteiger partial charge in [-0.05, 0) is 35.6 Å². The van der Waals surface area contributed by atoms with Gasteiger partial charge >= 0.3 is 0 Å². The lowest BCUT2D eigenvalue weighted by Gasteiger charge is -2.23. The minimum Gasteiger partial charge on any atom is -0.378 e. The summed E-state index contributed by atoms with van der Waals surface area (Å²) in [7, 11) is 0. The van der Waals surface area contributed by atoms with E-state index in [4.69, 9.17) is 5.73 Å². The average Bonchev–Trinajstić information content (AvgIpc) is 3.35. The summed E-state index contributed by atoms with van der Waals surface area (Å²) < 4.78 is 6.09. The number of carbonyl (C=O) groups excluding carboxylic acids is 1. The van der Waals surface area contributed by atoms with Gasteiger partial charge in [0, 0.05) is 18.0 Å². The third kappa shape index (κ3) is 4.27. The van der Waals surface area contributed by atoms with Gasteiger partial charge in [-0.2, -0.15) is 9.78 Å². The van der Waals surface area contributed by atoms with Gasteiger partial charge in [-0.1, -0.05) is 11.3 Å². The fourth-order valence-corrected chi connectivity index (χ4v) is 3.28. The number of hydrazone groups is 1. The molecule has 0 saturated carbocycles. The van der Waals surface area contributed by atoms with Crippen molar-refractivity contribution in [3.63, 3.8) is 0 Å². The third-order valence-electron chi connectivity index (χ3n) is 4.72. The van der Waals surface area contributed by atoms with E-state index in [-0.39, 0.29) is 17.3 Å². The van der Waals surface area contributed by atoms with Crippen molar-refractivity contribution in [1.29, 1.82) is 0 Å². The predicted molar refractivity (Wildman–Crippen MR) is 101 cm³/mol. The molecule has 4 N–H and O–H groups in total. The standard InChI is InChI=1S/C17H20N10O2/c18-15-16(24-29-23-15)27-13(11-26-7-2-1-3-8-26)14(21-25-27)17(28)22-20-10-12-5-4-6-19-9-12/h4-6,9-10H,1-3,7-8,11H2,(H2,18,23)(H,22,28)/p+1. The van der Waals surface area contributed by atoms with Crippen LogP contribution in [0, 0.1) is 0 Å². The largest absolute Gasteiger partial charge is 0.378 e. The van der Waals surface area contributed by atoms with Crippen LogP contribution in [-0.2, 0) is 6.54 Å². The van der Waals surface area contributed by atoms with Crippen molar-refractivity contribution in [3.8, 4) is 5.82 Å². The molecule has 4 heterocycles. The maximum absolute atomic E-state index is 12.7. The molecular weight excluding hydrogens is 376 g/mol. The Morgan fingerprint density at radius 1 is 1.34 bits per heavy atom. The lowest BCUT2D eigenvalue weighted by atomic mass is 10.1. The predicted octanol–water partition coefficient (Wildman–Crippen LogP) is -1.04. The van der Waals surface area contributed by atoms with Crippen LogP contribution in [0.1, 0.15) is 41.0 Å². The number of likely N-dealkylation sites (tertiary alicyclic amines) is 1. The number of nitrogens with two attached hydrogens (primary N) is 1. The number of quaternary nitrogens is 1. The first-order chi connectivity index (χ1) is 14.2. The normalized spacial score (nSPS) is 15.0. The summed E-state index contributed by atoms with van der Waals surface area (Å²) in [5.41, 5.74) is 9.80. The Kier molecular flexibility index (Phi) is 5.52. The first kappa shape index (κ1) is 18.7. The van der Waals surface area contributed by atoms with Crippen LogP contribution in [0.3, 0.4) is 0 Å². The highest BCUT2D eigenvalue weighted by Crippen LogP contribution is 2.15. The number of rotatable bonds is 6. The number of pyridine rings is 1. The second-order valence-electron chi connectivity index (χ2n) is 6.74. The van der Waals surface area contributed by atoms with Gasteiger partial charge in [0.25, 0.3) is 5.91 Å². The Morgan fingerprint density at radius 3 is 2.93 bits per heavy atom. The lowest BCUT2D eigenvalue weighted by Crippen LogP contribution is -3.11. The van der Waals surface area contributed by atoms with Crippen molar-refractivity contribution in [2.24, 2.45) is 5.10 Å². The zero-order valence-corrected chi connectivity index (χ0v) is 15.7. The minimum atomic E-state index is -0.474. The van der Waals surface area contributed by atoms with E-state index in [1.807, 2.05) is 6.07 Å². The van der Waals surface area contributed by atoms with Gasteiger partial charge in [0.15, 0.2) is 5.69 Å². The lowest BCUT2D eigenvalue weighted by molar-refractivity contribution is -0.918. The zero-order valence-electron chi connectivity index (χ0n) is 15.7. The molecule has 3 aromatic heterocycles. The number of nitrogens with zero attached hydrogens (tertiary/aromatic N) is 7. The van der Waals surface area contributed by atoms with Crippen LogP contribution in [0.4, 0.5) is 5.82 Å². The maximum Gasteiger partial charge on any atom is 0.294 e. The van der Waals surface area contributed by atoms with Gasteiger partial charge < -0.3 is 10.6 Å². The van der Waals surface area contributed by atoms with Crippen LogP contribution < -0.4 is 16.1 Å². The molecule has 0 unspecified atom stereocenters. The quantitative estimate of drug-likeness (QED) is 0.352.